The van der Waals surface area contributed by atoms with Crippen molar-refractivity contribution in [3.63, 3.8) is 0 Å². The summed E-state index contributed by atoms with van der Waals surface area (Å²) in [6, 6.07) is 0. The van der Waals surface area contributed by atoms with Gasteiger partial charge in [0.2, 0.25) is 0 Å². The van der Waals surface area contributed by atoms with E-state index < -0.39 is 0 Å². The van der Waals surface area contributed by atoms with Crippen molar-refractivity contribution in [1.82, 2.24) is 0 Å². The van der Waals surface area contributed by atoms with E-state index in [9.17, 15) is 4.79 Å². The van der Waals surface area contributed by atoms with Crippen LogP contribution in [0.4, 0.5) is 0 Å². The van der Waals surface area contributed by atoms with Crippen molar-refractivity contribution in [2.45, 2.75) is 118 Å². The van der Waals surface area contributed by atoms with E-state index in [1.165, 1.54) is 57.4 Å². The Morgan fingerprint density at radius 1 is 1.12 bits per heavy atom. The lowest BCUT2D eigenvalue weighted by Gasteiger charge is -2.58. The summed E-state index contributed by atoms with van der Waals surface area (Å²) in [7, 11) is 0. The fourth-order valence-electron chi connectivity index (χ4n) is 9.11. The van der Waals surface area contributed by atoms with Crippen molar-refractivity contribution in [3.8, 4) is 0 Å². The summed E-state index contributed by atoms with van der Waals surface area (Å²) < 4.78 is 5.76. The Bertz CT molecular complexity index is 808. The molecule has 34 heavy (non-hydrogen) atoms. The van der Waals surface area contributed by atoms with E-state index in [0.29, 0.717) is 15.9 Å². The van der Waals surface area contributed by atoms with Crippen LogP contribution in [0.25, 0.3) is 0 Å². The van der Waals surface area contributed by atoms with Gasteiger partial charge in [0.15, 0.2) is 0 Å². The Morgan fingerprint density at radius 2 is 1.88 bits per heavy atom. The van der Waals surface area contributed by atoms with Gasteiger partial charge in [-0.15, -0.1) is 0 Å². The minimum atomic E-state index is -0.289. The molecule has 0 saturated heterocycles. The fraction of sp³-hybridized carbons (Fsp3) is 0.839. The summed E-state index contributed by atoms with van der Waals surface area (Å²) in [5.41, 5.74) is 2.41. The van der Waals surface area contributed by atoms with Gasteiger partial charge in [0.05, 0.1) is 0 Å². The molecule has 2 nitrogen and oxygen atoms in total. The molecule has 0 aromatic rings. The molecule has 0 N–H and O–H groups in total. The molecule has 0 aliphatic heterocycles. The maximum atomic E-state index is 12.1. The molecule has 3 saturated carbocycles. The largest absolute Gasteiger partial charge is 0.459 e. The van der Waals surface area contributed by atoms with Crippen LogP contribution in [0.15, 0.2) is 22.8 Å². The van der Waals surface area contributed by atoms with Crippen LogP contribution in [0.1, 0.15) is 112 Å². The number of hydrogen-bond acceptors (Lipinski definition) is 2. The molecular weight excluding hydrogens is 440 g/mol. The second-order valence-corrected chi connectivity index (χ2v) is 13.9. The Labute approximate surface area is 214 Å². The highest BCUT2D eigenvalue weighted by molar-refractivity contribution is 6.30. The lowest BCUT2D eigenvalue weighted by Crippen LogP contribution is -2.51. The van der Waals surface area contributed by atoms with Crippen molar-refractivity contribution in [2.75, 3.05) is 0 Å². The van der Waals surface area contributed by atoms with E-state index in [1.807, 2.05) is 0 Å². The van der Waals surface area contributed by atoms with E-state index in [0.717, 1.165) is 54.8 Å². The number of rotatable bonds is 7. The predicted octanol–water partition coefficient (Wildman–Crippen LogP) is 9.08. The molecule has 4 aliphatic rings. The molecule has 0 bridgehead atoms. The third-order valence-corrected chi connectivity index (χ3v) is 11.0. The number of allylic oxidation sites excluding steroid dienone is 2. The molecule has 0 unspecified atom stereocenters. The van der Waals surface area contributed by atoms with Crippen LogP contribution < -0.4 is 0 Å². The Balaban J connectivity index is 1.44. The molecule has 8 atom stereocenters. The zero-order valence-corrected chi connectivity index (χ0v) is 23.4. The molecule has 4 aliphatic carbocycles. The van der Waals surface area contributed by atoms with Gasteiger partial charge >= 0.3 is 5.97 Å². The molecule has 3 fully saturated rings. The number of ether oxygens (including phenoxy) is 1. The first-order valence-corrected chi connectivity index (χ1v) is 14.7. The summed E-state index contributed by atoms with van der Waals surface area (Å²) >= 11 is 5.87. The second kappa shape index (κ2) is 10.3. The van der Waals surface area contributed by atoms with Crippen molar-refractivity contribution >= 4 is 17.6 Å². The molecule has 0 aromatic heterocycles. The molecule has 0 aromatic carbocycles. The monoisotopic (exact) mass is 488 g/mol. The highest BCUT2D eigenvalue weighted by atomic mass is 35.5. The van der Waals surface area contributed by atoms with Crippen LogP contribution in [-0.2, 0) is 9.53 Å². The van der Waals surface area contributed by atoms with Gasteiger partial charge in [-0.2, -0.15) is 0 Å². The standard InChI is InChI=1S/C31H49ClO2/c1-20(2)8-7-9-21(3)26-12-13-27-25-11-10-23-19-24(34-29(33)18-22(4)32)14-16-30(23,5)28(25)15-17-31(26,27)6/h10,18,20-21,24-28H,7-9,11-17,19H2,1-6H3/b22-18+/t21-,24-,25-,26-,27-,28-,30-,31+/m0/s1. The number of hydrogen-bond donors (Lipinski definition) is 0. The van der Waals surface area contributed by atoms with Gasteiger partial charge in [-0.1, -0.05) is 77.1 Å². The third kappa shape index (κ3) is 5.05. The van der Waals surface area contributed by atoms with Gasteiger partial charge in [-0.3, -0.25) is 0 Å². The van der Waals surface area contributed by atoms with Crippen molar-refractivity contribution < 1.29 is 9.53 Å². The average Bonchev–Trinajstić information content (AvgIpc) is 3.10. The molecule has 0 radical (unpaired) electrons. The topological polar surface area (TPSA) is 26.3 Å². The number of carbonyl (C=O) groups excluding carboxylic acids is 1. The molecular formula is C31H49ClO2. The maximum absolute atomic E-state index is 12.1. The summed E-state index contributed by atoms with van der Waals surface area (Å²) in [5, 5.41) is 0.486. The van der Waals surface area contributed by atoms with Crippen molar-refractivity contribution in [3.05, 3.63) is 22.8 Å². The van der Waals surface area contributed by atoms with Crippen molar-refractivity contribution in [2.24, 2.45) is 46.3 Å². The highest BCUT2D eigenvalue weighted by Crippen LogP contribution is 2.67. The summed E-state index contributed by atoms with van der Waals surface area (Å²) in [6.45, 7) is 14.2. The maximum Gasteiger partial charge on any atom is 0.332 e. The second-order valence-electron chi connectivity index (χ2n) is 13.3. The minimum Gasteiger partial charge on any atom is -0.459 e. The Morgan fingerprint density at radius 3 is 2.59 bits per heavy atom. The van der Waals surface area contributed by atoms with Crippen LogP contribution in [0.3, 0.4) is 0 Å². The average molecular weight is 489 g/mol. The fourth-order valence-corrected chi connectivity index (χ4v) is 9.20. The van der Waals surface area contributed by atoms with E-state index in [2.05, 4.69) is 40.7 Å². The number of esters is 1. The van der Waals surface area contributed by atoms with Gasteiger partial charge in [0.1, 0.15) is 6.10 Å². The smallest absolute Gasteiger partial charge is 0.332 e. The number of fused-ring (bicyclic) bond motifs is 5. The van der Waals surface area contributed by atoms with Gasteiger partial charge in [0.25, 0.3) is 0 Å². The van der Waals surface area contributed by atoms with Gasteiger partial charge in [0, 0.05) is 17.5 Å². The lowest BCUT2D eigenvalue weighted by atomic mass is 9.47. The SMILES string of the molecule is C/C(Cl)=C\C(=O)O[C@H]1CC[C@@]2(C)C(=CC[C@H]3[C@@H]4CC[C@@H]([C@@H](C)CCCC(C)C)[C@@]4(C)CC[C@@H]32)C1. The van der Waals surface area contributed by atoms with Gasteiger partial charge in [-0.25, -0.2) is 4.79 Å². The van der Waals surface area contributed by atoms with Gasteiger partial charge < -0.3 is 4.74 Å². The van der Waals surface area contributed by atoms with Crippen LogP contribution in [0.2, 0.25) is 0 Å². The minimum absolute atomic E-state index is 0.00653. The first-order valence-electron chi connectivity index (χ1n) is 14.3. The third-order valence-electron chi connectivity index (χ3n) is 10.9. The zero-order valence-electron chi connectivity index (χ0n) is 22.7. The van der Waals surface area contributed by atoms with Crippen LogP contribution >= 0.6 is 11.6 Å². The van der Waals surface area contributed by atoms with E-state index in [4.69, 9.17) is 16.3 Å². The van der Waals surface area contributed by atoms with Gasteiger partial charge in [-0.05, 0) is 98.2 Å². The molecule has 3 heteroatoms. The van der Waals surface area contributed by atoms with E-state index in [1.54, 1.807) is 12.5 Å². The Hall–Kier alpha value is -0.760. The predicted molar refractivity (Wildman–Crippen MR) is 143 cm³/mol. The van der Waals surface area contributed by atoms with Crippen LogP contribution in [0.5, 0.6) is 0 Å². The van der Waals surface area contributed by atoms with Crippen LogP contribution in [-0.4, -0.2) is 12.1 Å². The van der Waals surface area contributed by atoms with Crippen LogP contribution in [0, 0.1) is 46.3 Å². The number of halogens is 1. The lowest BCUT2D eigenvalue weighted by molar-refractivity contribution is -0.145. The first-order chi connectivity index (χ1) is 16.0. The molecule has 0 spiro atoms. The van der Waals surface area contributed by atoms with Crippen molar-refractivity contribution in [1.29, 1.82) is 0 Å². The Kier molecular flexibility index (Phi) is 7.98. The quantitative estimate of drug-likeness (QED) is 0.203. The first kappa shape index (κ1) is 26.3. The summed E-state index contributed by atoms with van der Waals surface area (Å²) in [4.78, 5) is 12.1. The summed E-state index contributed by atoms with van der Waals surface area (Å²) in [5.74, 6) is 4.87. The molecule has 4 rings (SSSR count). The molecule has 0 amide bonds. The summed E-state index contributed by atoms with van der Waals surface area (Å²) in [6.07, 6.45) is 18.2. The van der Waals surface area contributed by atoms with E-state index >= 15 is 0 Å². The zero-order chi connectivity index (χ0) is 24.7. The normalized spacial score (nSPS) is 40.8. The van der Waals surface area contributed by atoms with E-state index in [-0.39, 0.29) is 12.1 Å². The number of carbonyl (C=O) groups is 1. The molecule has 192 valence electrons. The highest BCUT2D eigenvalue weighted by Gasteiger charge is 2.59. The molecule has 0 heterocycles.